The topological polar surface area (TPSA) is 98.5 Å². The summed E-state index contributed by atoms with van der Waals surface area (Å²) in [7, 11) is -3.23. The summed E-state index contributed by atoms with van der Waals surface area (Å²) in [6.45, 7) is 1.13. The van der Waals surface area contributed by atoms with Crippen LogP contribution in [0.15, 0.2) is 12.1 Å². The number of hydrogen-bond acceptors (Lipinski definition) is 7. The van der Waals surface area contributed by atoms with Gasteiger partial charge in [-0.05, 0) is 25.0 Å². The molecule has 1 aliphatic rings. The van der Waals surface area contributed by atoms with Gasteiger partial charge in [0, 0.05) is 31.4 Å². The molecule has 1 N–H and O–H groups in total. The molecule has 2 aromatic rings. The zero-order valence-electron chi connectivity index (χ0n) is 14.0. The number of nitrogens with zero attached hydrogens (tertiary/aromatic N) is 4. The number of alkyl halides is 3. The Morgan fingerprint density at radius 3 is 2.58 bits per heavy atom. The first kappa shape index (κ1) is 18.8. The maximum Gasteiger partial charge on any atom is 0.453 e. The van der Waals surface area contributed by atoms with Crippen LogP contribution < -0.4 is 5.32 Å². The van der Waals surface area contributed by atoms with E-state index in [-0.39, 0.29) is 23.8 Å². The number of nitrogens with one attached hydrogen (secondary N) is 1. The quantitative estimate of drug-likeness (QED) is 0.820. The Hall–Kier alpha value is -1.95. The third-order valence-corrected chi connectivity index (χ3v) is 5.42. The molecule has 0 saturated carbocycles. The molecule has 26 heavy (non-hydrogen) atoms. The van der Waals surface area contributed by atoms with Crippen molar-refractivity contribution in [1.29, 1.82) is 0 Å². The molecule has 8 nitrogen and oxygen atoms in total. The highest BCUT2D eigenvalue weighted by Gasteiger charge is 2.38. The number of halogens is 3. The minimum Gasteiger partial charge on any atom is -0.381 e. The number of anilines is 1. The SMILES string of the molecule is CS(=O)(=O)CC1(CNc2ccc3nnc(C(F)(F)F)n3n2)CCOCC1. The van der Waals surface area contributed by atoms with Gasteiger partial charge in [-0.1, -0.05) is 0 Å². The zero-order chi connectivity index (χ0) is 19.0. The van der Waals surface area contributed by atoms with Gasteiger partial charge in [-0.2, -0.15) is 17.7 Å². The number of aromatic nitrogens is 4. The Morgan fingerprint density at radius 1 is 1.27 bits per heavy atom. The largest absolute Gasteiger partial charge is 0.453 e. The first-order chi connectivity index (χ1) is 12.1. The lowest BCUT2D eigenvalue weighted by Gasteiger charge is -2.36. The van der Waals surface area contributed by atoms with Crippen molar-refractivity contribution in [3.63, 3.8) is 0 Å². The Bertz CT molecular complexity index is 891. The summed E-state index contributed by atoms with van der Waals surface area (Å²) in [6, 6.07) is 2.85. The molecular formula is C14H18F3N5O3S. The van der Waals surface area contributed by atoms with Crippen molar-refractivity contribution in [2.75, 3.05) is 37.1 Å². The second kappa shape index (κ2) is 6.65. The molecule has 2 aromatic heterocycles. The highest BCUT2D eigenvalue weighted by atomic mass is 32.2. The van der Waals surface area contributed by atoms with Gasteiger partial charge in [0.1, 0.15) is 15.7 Å². The van der Waals surface area contributed by atoms with Crippen molar-refractivity contribution in [2.24, 2.45) is 5.41 Å². The summed E-state index contributed by atoms with van der Waals surface area (Å²) < 4.78 is 68.3. The number of ether oxygens (including phenoxy) is 1. The molecule has 0 unspecified atom stereocenters. The lowest BCUT2D eigenvalue weighted by molar-refractivity contribution is -0.146. The van der Waals surface area contributed by atoms with E-state index in [9.17, 15) is 21.6 Å². The zero-order valence-corrected chi connectivity index (χ0v) is 14.8. The molecule has 0 spiro atoms. The third kappa shape index (κ3) is 4.23. The second-order valence-corrected chi connectivity index (χ2v) is 8.69. The second-order valence-electron chi connectivity index (χ2n) is 6.55. The molecule has 0 aliphatic carbocycles. The molecule has 3 rings (SSSR count). The first-order valence-corrected chi connectivity index (χ1v) is 9.93. The molecule has 0 bridgehead atoms. The smallest absolute Gasteiger partial charge is 0.381 e. The van der Waals surface area contributed by atoms with E-state index >= 15 is 0 Å². The van der Waals surface area contributed by atoms with Crippen LogP contribution >= 0.6 is 0 Å². The van der Waals surface area contributed by atoms with Crippen LogP contribution in [0.1, 0.15) is 18.7 Å². The van der Waals surface area contributed by atoms with Crippen LogP contribution in [0.2, 0.25) is 0 Å². The molecule has 1 fully saturated rings. The Kier molecular flexibility index (Phi) is 4.82. The minimum atomic E-state index is -4.68. The summed E-state index contributed by atoms with van der Waals surface area (Å²) in [6.07, 6.45) is -2.43. The molecule has 0 aromatic carbocycles. The average molecular weight is 393 g/mol. The van der Waals surface area contributed by atoms with Crippen molar-refractivity contribution in [3.8, 4) is 0 Å². The molecule has 12 heteroatoms. The summed E-state index contributed by atoms with van der Waals surface area (Å²) in [5.74, 6) is -1.06. The van der Waals surface area contributed by atoms with Crippen molar-refractivity contribution in [2.45, 2.75) is 19.0 Å². The fourth-order valence-corrected chi connectivity index (χ4v) is 4.57. The van der Waals surface area contributed by atoms with Crippen LogP contribution in [0, 0.1) is 5.41 Å². The van der Waals surface area contributed by atoms with Gasteiger partial charge in [0.25, 0.3) is 5.82 Å². The Labute approximate surface area is 147 Å². The van der Waals surface area contributed by atoms with Gasteiger partial charge in [0.2, 0.25) is 0 Å². The lowest BCUT2D eigenvalue weighted by Crippen LogP contribution is -2.41. The highest BCUT2D eigenvalue weighted by molar-refractivity contribution is 7.90. The lowest BCUT2D eigenvalue weighted by atomic mass is 9.82. The Balaban J connectivity index is 1.83. The van der Waals surface area contributed by atoms with Crippen molar-refractivity contribution in [1.82, 2.24) is 19.8 Å². The highest BCUT2D eigenvalue weighted by Crippen LogP contribution is 2.32. The Morgan fingerprint density at radius 2 is 1.96 bits per heavy atom. The van der Waals surface area contributed by atoms with E-state index in [1.165, 1.54) is 18.4 Å². The van der Waals surface area contributed by atoms with E-state index in [0.717, 1.165) is 0 Å². The van der Waals surface area contributed by atoms with Gasteiger partial charge >= 0.3 is 6.18 Å². The summed E-state index contributed by atoms with van der Waals surface area (Å²) in [5.41, 5.74) is -0.581. The van der Waals surface area contributed by atoms with Gasteiger partial charge < -0.3 is 10.1 Å². The van der Waals surface area contributed by atoms with Gasteiger partial charge in [0.15, 0.2) is 5.65 Å². The van der Waals surface area contributed by atoms with Crippen molar-refractivity contribution >= 4 is 21.3 Å². The maximum absolute atomic E-state index is 12.9. The van der Waals surface area contributed by atoms with Crippen LogP contribution in [0.4, 0.5) is 19.0 Å². The normalized spacial score (nSPS) is 18.2. The van der Waals surface area contributed by atoms with Gasteiger partial charge in [0.05, 0.1) is 5.75 Å². The molecule has 0 radical (unpaired) electrons. The van der Waals surface area contributed by atoms with Gasteiger partial charge in [-0.25, -0.2) is 8.42 Å². The molecule has 3 heterocycles. The number of fused-ring (bicyclic) bond motifs is 1. The van der Waals surface area contributed by atoms with E-state index in [0.29, 0.717) is 30.6 Å². The molecule has 144 valence electrons. The molecular weight excluding hydrogens is 375 g/mol. The fourth-order valence-electron chi connectivity index (χ4n) is 3.07. The van der Waals surface area contributed by atoms with Crippen LogP contribution in [0.25, 0.3) is 5.65 Å². The first-order valence-electron chi connectivity index (χ1n) is 7.87. The fraction of sp³-hybridized carbons (Fsp3) is 0.643. The molecule has 0 amide bonds. The van der Waals surface area contributed by atoms with Gasteiger partial charge in [-0.15, -0.1) is 15.3 Å². The molecule has 0 atom stereocenters. The average Bonchev–Trinajstić information content (AvgIpc) is 2.95. The summed E-state index contributed by atoms with van der Waals surface area (Å²) in [4.78, 5) is 0. The molecule has 1 saturated heterocycles. The molecule has 1 aliphatic heterocycles. The van der Waals surface area contributed by atoms with Crippen LogP contribution in [0.3, 0.4) is 0 Å². The van der Waals surface area contributed by atoms with E-state index < -0.39 is 27.3 Å². The third-order valence-electron chi connectivity index (χ3n) is 4.28. The van der Waals surface area contributed by atoms with Crippen LogP contribution in [0.5, 0.6) is 0 Å². The maximum atomic E-state index is 12.9. The standard InChI is InChI=1S/C14H18F3N5O3S/c1-26(23,24)9-13(4-6-25-7-5-13)8-18-10-2-3-11-19-20-12(14(15,16)17)22(11)21-10/h2-3H,4-9H2,1H3,(H,18,21). The van der Waals surface area contributed by atoms with E-state index in [4.69, 9.17) is 4.74 Å². The van der Waals surface area contributed by atoms with Crippen LogP contribution in [-0.2, 0) is 20.8 Å². The van der Waals surface area contributed by atoms with E-state index in [1.807, 2.05) is 0 Å². The predicted molar refractivity (Wildman–Crippen MR) is 86.5 cm³/mol. The van der Waals surface area contributed by atoms with Crippen molar-refractivity contribution < 1.29 is 26.3 Å². The van der Waals surface area contributed by atoms with Crippen LogP contribution in [-0.4, -0.2) is 60.0 Å². The van der Waals surface area contributed by atoms with Crippen molar-refractivity contribution in [3.05, 3.63) is 18.0 Å². The number of rotatable bonds is 5. The minimum absolute atomic E-state index is 0.0280. The monoisotopic (exact) mass is 393 g/mol. The summed E-state index contributed by atoms with van der Waals surface area (Å²) >= 11 is 0. The van der Waals surface area contributed by atoms with Gasteiger partial charge in [-0.3, -0.25) is 0 Å². The van der Waals surface area contributed by atoms with E-state index in [1.54, 1.807) is 0 Å². The van der Waals surface area contributed by atoms with E-state index in [2.05, 4.69) is 20.6 Å². The number of hydrogen-bond donors (Lipinski definition) is 1. The predicted octanol–water partition coefficient (Wildman–Crippen LogP) is 1.40. The summed E-state index contributed by atoms with van der Waals surface area (Å²) in [5, 5.41) is 13.4. The number of sulfone groups is 1.